The van der Waals surface area contributed by atoms with Gasteiger partial charge in [0.05, 0.1) is 5.69 Å². The molecule has 0 radical (unpaired) electrons. The molecule has 0 amide bonds. The van der Waals surface area contributed by atoms with E-state index in [0.717, 1.165) is 18.8 Å². The summed E-state index contributed by atoms with van der Waals surface area (Å²) in [6.45, 7) is 2.22. The van der Waals surface area contributed by atoms with Gasteiger partial charge in [0.2, 0.25) is 0 Å². The van der Waals surface area contributed by atoms with E-state index in [2.05, 4.69) is 21.7 Å². The lowest BCUT2D eigenvalue weighted by Gasteiger charge is -2.24. The van der Waals surface area contributed by atoms with Crippen LogP contribution in [0.4, 0.5) is 5.69 Å². The summed E-state index contributed by atoms with van der Waals surface area (Å²) in [5, 5.41) is 6.83. The van der Waals surface area contributed by atoms with E-state index in [1.165, 1.54) is 12.8 Å². The van der Waals surface area contributed by atoms with E-state index in [1.807, 2.05) is 12.3 Å². The minimum Gasteiger partial charge on any atom is -0.380 e. The van der Waals surface area contributed by atoms with Gasteiger partial charge >= 0.3 is 0 Å². The second kappa shape index (κ2) is 5.83. The van der Waals surface area contributed by atoms with Crippen LogP contribution in [-0.4, -0.2) is 24.1 Å². The monoisotopic (exact) mass is 213 g/mol. The lowest BCUT2D eigenvalue weighted by atomic mass is 10.1. The Morgan fingerprint density at radius 1 is 1.50 bits per heavy atom. The molecule has 1 aliphatic heterocycles. The molecule has 2 heterocycles. The van der Waals surface area contributed by atoms with E-state index in [9.17, 15) is 0 Å². The van der Waals surface area contributed by atoms with Crippen molar-refractivity contribution in [2.24, 2.45) is 0 Å². The molecule has 1 fully saturated rings. The van der Waals surface area contributed by atoms with Crippen LogP contribution in [0.2, 0.25) is 0 Å². The molecule has 0 spiro atoms. The fraction of sp³-hybridized carbons (Fsp3) is 0.500. The van der Waals surface area contributed by atoms with Gasteiger partial charge in [-0.1, -0.05) is 0 Å². The Hall–Kier alpha value is -0.800. The van der Waals surface area contributed by atoms with Crippen molar-refractivity contribution in [3.8, 4) is 0 Å². The maximum absolute atomic E-state index is 4.07. The van der Waals surface area contributed by atoms with Crippen LogP contribution in [0.25, 0.3) is 0 Å². The molecule has 3 nitrogen and oxygen atoms in total. The van der Waals surface area contributed by atoms with E-state index in [4.69, 9.17) is 0 Å². The quantitative estimate of drug-likeness (QED) is 0.785. The number of pyridine rings is 1. The number of nitrogens with one attached hydrogen (secondary N) is 2. The third-order valence-corrected chi connectivity index (χ3v) is 2.33. The number of piperidine rings is 1. The second-order valence-corrected chi connectivity index (χ2v) is 3.43. The largest absolute Gasteiger partial charge is 0.380 e. The molecule has 2 rings (SSSR count). The van der Waals surface area contributed by atoms with Gasteiger partial charge in [-0.25, -0.2) is 0 Å². The maximum Gasteiger partial charge on any atom is 0.0529 e. The van der Waals surface area contributed by atoms with Crippen molar-refractivity contribution >= 4 is 18.1 Å². The summed E-state index contributed by atoms with van der Waals surface area (Å²) in [6, 6.07) is 4.58. The SMILES string of the molecule is Cl.c1cncc(N[C@H]2CCCNC2)c1. The van der Waals surface area contributed by atoms with Crippen molar-refractivity contribution < 1.29 is 0 Å². The first-order chi connectivity index (χ1) is 6.45. The highest BCUT2D eigenvalue weighted by molar-refractivity contribution is 5.85. The summed E-state index contributed by atoms with van der Waals surface area (Å²) in [7, 11) is 0. The molecule has 0 saturated carbocycles. The highest BCUT2D eigenvalue weighted by atomic mass is 35.5. The number of anilines is 1. The first-order valence-electron chi connectivity index (χ1n) is 4.82. The molecule has 4 heteroatoms. The molecule has 1 aromatic heterocycles. The third kappa shape index (κ3) is 3.16. The predicted octanol–water partition coefficient (Wildman–Crippen LogP) is 1.67. The van der Waals surface area contributed by atoms with Gasteiger partial charge in [0, 0.05) is 25.0 Å². The van der Waals surface area contributed by atoms with Crippen molar-refractivity contribution in [1.82, 2.24) is 10.3 Å². The molecular formula is C10H16ClN3. The third-order valence-electron chi connectivity index (χ3n) is 2.33. The summed E-state index contributed by atoms with van der Waals surface area (Å²) < 4.78 is 0. The van der Waals surface area contributed by atoms with Crippen LogP contribution in [0.3, 0.4) is 0 Å². The molecule has 78 valence electrons. The molecule has 1 aromatic rings. The van der Waals surface area contributed by atoms with Gasteiger partial charge in [-0.2, -0.15) is 0 Å². The lowest BCUT2D eigenvalue weighted by Crippen LogP contribution is -2.38. The van der Waals surface area contributed by atoms with Crippen molar-refractivity contribution in [3.05, 3.63) is 24.5 Å². The molecular weight excluding hydrogens is 198 g/mol. The van der Waals surface area contributed by atoms with Crippen molar-refractivity contribution in [2.75, 3.05) is 18.4 Å². The number of nitrogens with zero attached hydrogens (tertiary/aromatic N) is 1. The molecule has 2 N–H and O–H groups in total. The van der Waals surface area contributed by atoms with Gasteiger partial charge < -0.3 is 10.6 Å². The summed E-state index contributed by atoms with van der Waals surface area (Å²) in [5.41, 5.74) is 1.12. The van der Waals surface area contributed by atoms with Crippen LogP contribution in [0.5, 0.6) is 0 Å². The fourth-order valence-corrected chi connectivity index (χ4v) is 1.66. The highest BCUT2D eigenvalue weighted by Gasteiger charge is 2.11. The normalized spacial score (nSPS) is 21.0. The molecule has 0 aliphatic carbocycles. The van der Waals surface area contributed by atoms with E-state index in [0.29, 0.717) is 6.04 Å². The molecule has 1 saturated heterocycles. The molecule has 0 unspecified atom stereocenters. The minimum atomic E-state index is 0. The number of rotatable bonds is 2. The van der Waals surface area contributed by atoms with Gasteiger partial charge in [-0.05, 0) is 31.5 Å². The van der Waals surface area contributed by atoms with Gasteiger partial charge in [0.15, 0.2) is 0 Å². The van der Waals surface area contributed by atoms with Gasteiger partial charge in [0.25, 0.3) is 0 Å². The predicted molar refractivity (Wildman–Crippen MR) is 61.0 cm³/mol. The molecule has 14 heavy (non-hydrogen) atoms. The molecule has 0 bridgehead atoms. The minimum absolute atomic E-state index is 0. The zero-order chi connectivity index (χ0) is 8.93. The average Bonchev–Trinajstić information content (AvgIpc) is 2.21. The van der Waals surface area contributed by atoms with E-state index < -0.39 is 0 Å². The van der Waals surface area contributed by atoms with Crippen LogP contribution in [-0.2, 0) is 0 Å². The van der Waals surface area contributed by atoms with E-state index in [1.54, 1.807) is 6.20 Å². The number of hydrogen-bond acceptors (Lipinski definition) is 3. The second-order valence-electron chi connectivity index (χ2n) is 3.43. The average molecular weight is 214 g/mol. The first kappa shape index (κ1) is 11.3. The van der Waals surface area contributed by atoms with Crippen LogP contribution >= 0.6 is 12.4 Å². The lowest BCUT2D eigenvalue weighted by molar-refractivity contribution is 0.480. The van der Waals surface area contributed by atoms with Crippen LogP contribution < -0.4 is 10.6 Å². The van der Waals surface area contributed by atoms with Crippen molar-refractivity contribution in [2.45, 2.75) is 18.9 Å². The number of aromatic nitrogens is 1. The highest BCUT2D eigenvalue weighted by Crippen LogP contribution is 2.10. The molecule has 1 atom stereocenters. The maximum atomic E-state index is 4.07. The Balaban J connectivity index is 0.000000980. The Kier molecular flexibility index (Phi) is 4.70. The van der Waals surface area contributed by atoms with Gasteiger partial charge in [0.1, 0.15) is 0 Å². The van der Waals surface area contributed by atoms with Crippen LogP contribution in [0, 0.1) is 0 Å². The Labute approximate surface area is 90.7 Å². The Morgan fingerprint density at radius 3 is 3.07 bits per heavy atom. The molecule has 1 aliphatic rings. The van der Waals surface area contributed by atoms with Crippen molar-refractivity contribution in [1.29, 1.82) is 0 Å². The van der Waals surface area contributed by atoms with Crippen LogP contribution in [0.1, 0.15) is 12.8 Å². The summed E-state index contributed by atoms with van der Waals surface area (Å²) in [5.74, 6) is 0. The van der Waals surface area contributed by atoms with Crippen LogP contribution in [0.15, 0.2) is 24.5 Å². The molecule has 0 aromatic carbocycles. The smallest absolute Gasteiger partial charge is 0.0529 e. The fourth-order valence-electron chi connectivity index (χ4n) is 1.66. The Bertz CT molecular complexity index is 247. The first-order valence-corrected chi connectivity index (χ1v) is 4.82. The zero-order valence-corrected chi connectivity index (χ0v) is 8.89. The Morgan fingerprint density at radius 2 is 2.43 bits per heavy atom. The topological polar surface area (TPSA) is 37.0 Å². The summed E-state index contributed by atoms with van der Waals surface area (Å²) in [6.07, 6.45) is 6.18. The van der Waals surface area contributed by atoms with E-state index in [-0.39, 0.29) is 12.4 Å². The van der Waals surface area contributed by atoms with Crippen molar-refractivity contribution in [3.63, 3.8) is 0 Å². The summed E-state index contributed by atoms with van der Waals surface area (Å²) in [4.78, 5) is 4.07. The van der Waals surface area contributed by atoms with E-state index >= 15 is 0 Å². The van der Waals surface area contributed by atoms with Gasteiger partial charge in [-0.3, -0.25) is 4.98 Å². The summed E-state index contributed by atoms with van der Waals surface area (Å²) >= 11 is 0. The number of halogens is 1. The standard InChI is InChI=1S/C10H15N3.ClH/c1-3-9(7-11-5-1)13-10-4-2-6-12-8-10;/h1,3,5,7,10,12-13H,2,4,6,8H2;1H/t10-;/m0./s1. The zero-order valence-electron chi connectivity index (χ0n) is 8.07. The van der Waals surface area contributed by atoms with Gasteiger partial charge in [-0.15, -0.1) is 12.4 Å². The number of hydrogen-bond donors (Lipinski definition) is 2.